The Kier molecular flexibility index (Phi) is 3.59. The summed E-state index contributed by atoms with van der Waals surface area (Å²) >= 11 is 1.46. The number of nitrogens with zero attached hydrogens (tertiary/aromatic N) is 1. The molecule has 0 spiro atoms. The number of carbonyl (C=O) groups is 1. The van der Waals surface area contributed by atoms with Crippen molar-refractivity contribution in [3.63, 3.8) is 0 Å². The lowest BCUT2D eigenvalue weighted by molar-refractivity contribution is 0.0915. The highest BCUT2D eigenvalue weighted by atomic mass is 32.1. The fraction of sp³-hybridized carbons (Fsp3) is 0.667. The van der Waals surface area contributed by atoms with Crippen molar-refractivity contribution >= 4 is 17.2 Å². The number of hydrogen-bond acceptors (Lipinski definition) is 3. The van der Waals surface area contributed by atoms with Gasteiger partial charge in [-0.05, 0) is 18.3 Å². The van der Waals surface area contributed by atoms with Crippen molar-refractivity contribution in [3.05, 3.63) is 16.6 Å². The summed E-state index contributed by atoms with van der Waals surface area (Å²) in [7, 11) is 0. The molecule has 88 valence electrons. The number of nitrogens with one attached hydrogen (secondary N) is 1. The molecule has 1 fully saturated rings. The van der Waals surface area contributed by atoms with E-state index in [4.69, 9.17) is 0 Å². The van der Waals surface area contributed by atoms with Crippen LogP contribution in [-0.4, -0.2) is 17.4 Å². The van der Waals surface area contributed by atoms with Crippen molar-refractivity contribution in [1.29, 1.82) is 0 Å². The zero-order valence-corrected chi connectivity index (χ0v) is 10.5. The molecule has 1 amide bonds. The highest BCUT2D eigenvalue weighted by Crippen LogP contribution is 2.34. The van der Waals surface area contributed by atoms with Crippen LogP contribution in [0.3, 0.4) is 0 Å². The smallest absolute Gasteiger partial charge is 0.270 e. The third kappa shape index (κ3) is 2.82. The molecule has 0 saturated heterocycles. The summed E-state index contributed by atoms with van der Waals surface area (Å²) in [6, 6.07) is 0. The second kappa shape index (κ2) is 4.95. The van der Waals surface area contributed by atoms with Gasteiger partial charge in [-0.2, -0.15) is 0 Å². The SMILES string of the molecule is CC1(CNC(=O)c2cscn2)CCCCC1. The highest BCUT2D eigenvalue weighted by molar-refractivity contribution is 7.07. The normalized spacial score (nSPS) is 19.3. The highest BCUT2D eigenvalue weighted by Gasteiger charge is 2.27. The van der Waals surface area contributed by atoms with Crippen LogP contribution in [0, 0.1) is 5.41 Å². The number of amides is 1. The van der Waals surface area contributed by atoms with E-state index in [-0.39, 0.29) is 5.91 Å². The molecule has 3 nitrogen and oxygen atoms in total. The topological polar surface area (TPSA) is 42.0 Å². The molecular formula is C12H18N2OS. The molecule has 0 aliphatic heterocycles. The average molecular weight is 238 g/mol. The van der Waals surface area contributed by atoms with Crippen molar-refractivity contribution < 1.29 is 4.79 Å². The molecule has 0 aromatic carbocycles. The molecule has 1 aromatic rings. The molecule has 1 saturated carbocycles. The Labute approximate surface area is 100 Å². The Bertz CT molecular complexity index is 342. The molecule has 1 aliphatic carbocycles. The Morgan fingerprint density at radius 1 is 1.50 bits per heavy atom. The van der Waals surface area contributed by atoms with Gasteiger partial charge in [-0.25, -0.2) is 4.98 Å². The zero-order valence-electron chi connectivity index (χ0n) is 9.66. The number of aromatic nitrogens is 1. The van der Waals surface area contributed by atoms with E-state index in [0.29, 0.717) is 11.1 Å². The molecule has 4 heteroatoms. The Morgan fingerprint density at radius 2 is 2.25 bits per heavy atom. The molecule has 1 heterocycles. The van der Waals surface area contributed by atoms with Crippen LogP contribution in [0.5, 0.6) is 0 Å². The minimum atomic E-state index is -0.0342. The largest absolute Gasteiger partial charge is 0.350 e. The Balaban J connectivity index is 1.84. The van der Waals surface area contributed by atoms with Gasteiger partial charge in [0.15, 0.2) is 0 Å². The van der Waals surface area contributed by atoms with Gasteiger partial charge in [-0.3, -0.25) is 4.79 Å². The first kappa shape index (κ1) is 11.6. The predicted molar refractivity (Wildman–Crippen MR) is 65.6 cm³/mol. The minimum absolute atomic E-state index is 0.0342. The van der Waals surface area contributed by atoms with Gasteiger partial charge in [0.05, 0.1) is 5.51 Å². The molecule has 0 radical (unpaired) electrons. The summed E-state index contributed by atoms with van der Waals surface area (Å²) in [5.41, 5.74) is 2.53. The van der Waals surface area contributed by atoms with E-state index >= 15 is 0 Å². The van der Waals surface area contributed by atoms with E-state index < -0.39 is 0 Å². The molecule has 0 bridgehead atoms. The second-order valence-corrected chi connectivity index (χ2v) is 5.65. The molecule has 1 aliphatic rings. The third-order valence-electron chi connectivity index (χ3n) is 3.40. The Morgan fingerprint density at radius 3 is 2.88 bits per heavy atom. The first-order chi connectivity index (χ1) is 7.70. The summed E-state index contributed by atoms with van der Waals surface area (Å²) in [6.45, 7) is 3.05. The molecule has 0 atom stereocenters. The van der Waals surface area contributed by atoms with Crippen LogP contribution in [0.1, 0.15) is 49.5 Å². The fourth-order valence-corrected chi connectivity index (χ4v) is 2.82. The minimum Gasteiger partial charge on any atom is -0.350 e. The van der Waals surface area contributed by atoms with Gasteiger partial charge in [0.25, 0.3) is 5.91 Å². The summed E-state index contributed by atoms with van der Waals surface area (Å²) in [4.78, 5) is 15.7. The average Bonchev–Trinajstić information content (AvgIpc) is 2.80. The van der Waals surface area contributed by atoms with Gasteiger partial charge in [0, 0.05) is 11.9 Å². The van der Waals surface area contributed by atoms with Crippen LogP contribution >= 0.6 is 11.3 Å². The first-order valence-electron chi connectivity index (χ1n) is 5.86. The van der Waals surface area contributed by atoms with Gasteiger partial charge < -0.3 is 5.32 Å². The molecule has 16 heavy (non-hydrogen) atoms. The lowest BCUT2D eigenvalue weighted by Gasteiger charge is -2.33. The van der Waals surface area contributed by atoms with E-state index in [1.807, 2.05) is 0 Å². The summed E-state index contributed by atoms with van der Waals surface area (Å²) < 4.78 is 0. The molecule has 2 rings (SSSR count). The second-order valence-electron chi connectivity index (χ2n) is 4.93. The summed E-state index contributed by atoms with van der Waals surface area (Å²) in [5, 5.41) is 4.79. The van der Waals surface area contributed by atoms with Crippen molar-refractivity contribution in [3.8, 4) is 0 Å². The van der Waals surface area contributed by atoms with Crippen molar-refractivity contribution in [1.82, 2.24) is 10.3 Å². The number of carbonyl (C=O) groups excluding carboxylic acids is 1. The quantitative estimate of drug-likeness (QED) is 0.879. The van der Waals surface area contributed by atoms with Gasteiger partial charge in [0.2, 0.25) is 0 Å². The zero-order chi connectivity index (χ0) is 11.4. The molecule has 0 unspecified atom stereocenters. The van der Waals surface area contributed by atoms with E-state index in [0.717, 1.165) is 6.54 Å². The van der Waals surface area contributed by atoms with E-state index in [2.05, 4.69) is 17.2 Å². The van der Waals surface area contributed by atoms with Crippen molar-refractivity contribution in [2.45, 2.75) is 39.0 Å². The molecule has 1 N–H and O–H groups in total. The monoisotopic (exact) mass is 238 g/mol. The van der Waals surface area contributed by atoms with Crippen LogP contribution in [0.15, 0.2) is 10.9 Å². The maximum atomic E-state index is 11.7. The van der Waals surface area contributed by atoms with Crippen LogP contribution in [0.25, 0.3) is 0 Å². The fourth-order valence-electron chi connectivity index (χ4n) is 2.29. The summed E-state index contributed by atoms with van der Waals surface area (Å²) in [5.74, 6) is -0.0342. The molecule has 1 aromatic heterocycles. The number of rotatable bonds is 3. The van der Waals surface area contributed by atoms with Crippen LogP contribution < -0.4 is 5.32 Å². The van der Waals surface area contributed by atoms with Gasteiger partial charge in [-0.15, -0.1) is 11.3 Å². The Hall–Kier alpha value is -0.900. The number of thiazole rings is 1. The lowest BCUT2D eigenvalue weighted by atomic mass is 9.76. The maximum Gasteiger partial charge on any atom is 0.270 e. The lowest BCUT2D eigenvalue weighted by Crippen LogP contribution is -2.37. The van der Waals surface area contributed by atoms with Crippen LogP contribution in [-0.2, 0) is 0 Å². The van der Waals surface area contributed by atoms with Crippen molar-refractivity contribution in [2.24, 2.45) is 5.41 Å². The van der Waals surface area contributed by atoms with Crippen LogP contribution in [0.2, 0.25) is 0 Å². The van der Waals surface area contributed by atoms with Crippen LogP contribution in [0.4, 0.5) is 0 Å². The summed E-state index contributed by atoms with van der Waals surface area (Å²) in [6.07, 6.45) is 6.39. The first-order valence-corrected chi connectivity index (χ1v) is 6.80. The maximum absolute atomic E-state index is 11.7. The molecular weight excluding hydrogens is 220 g/mol. The van der Waals surface area contributed by atoms with Crippen molar-refractivity contribution in [2.75, 3.05) is 6.54 Å². The van der Waals surface area contributed by atoms with E-state index in [1.54, 1.807) is 10.9 Å². The van der Waals surface area contributed by atoms with Gasteiger partial charge in [-0.1, -0.05) is 26.2 Å². The third-order valence-corrected chi connectivity index (χ3v) is 3.99. The standard InChI is InChI=1S/C12H18N2OS/c1-12(5-3-2-4-6-12)8-13-11(15)10-7-16-9-14-10/h7,9H,2-6,8H2,1H3,(H,13,15). The number of hydrogen-bond donors (Lipinski definition) is 1. The van der Waals surface area contributed by atoms with Gasteiger partial charge >= 0.3 is 0 Å². The van der Waals surface area contributed by atoms with E-state index in [1.165, 1.54) is 43.4 Å². The van der Waals surface area contributed by atoms with E-state index in [9.17, 15) is 4.79 Å². The van der Waals surface area contributed by atoms with Gasteiger partial charge in [0.1, 0.15) is 5.69 Å². The predicted octanol–water partition coefficient (Wildman–Crippen LogP) is 2.84.